The molecule has 0 saturated carbocycles. The average molecular weight is 273 g/mol. The first kappa shape index (κ1) is 15.1. The molecule has 1 aromatic rings. The Balaban J connectivity index is 1.83. The molecular weight excluding hydrogens is 246 g/mol. The van der Waals surface area contributed by atoms with Crippen molar-refractivity contribution < 1.29 is 4.79 Å². The van der Waals surface area contributed by atoms with Crippen LogP contribution in [0.15, 0.2) is 24.3 Å². The number of rotatable bonds is 4. The van der Waals surface area contributed by atoms with Crippen molar-refractivity contribution in [1.29, 1.82) is 0 Å². The zero-order chi connectivity index (χ0) is 14.5. The van der Waals surface area contributed by atoms with Crippen LogP contribution < -0.4 is 0 Å². The van der Waals surface area contributed by atoms with Crippen LogP contribution in [0.2, 0.25) is 0 Å². The van der Waals surface area contributed by atoms with Crippen LogP contribution in [0.3, 0.4) is 0 Å². The monoisotopic (exact) mass is 273 g/mol. The third kappa shape index (κ3) is 4.09. The summed E-state index contributed by atoms with van der Waals surface area (Å²) >= 11 is 0. The van der Waals surface area contributed by atoms with Crippen molar-refractivity contribution in [2.45, 2.75) is 52.4 Å². The van der Waals surface area contributed by atoms with Crippen LogP contribution in [0.4, 0.5) is 0 Å². The Bertz CT molecular complexity index is 435. The molecule has 0 N–H and O–H groups in total. The van der Waals surface area contributed by atoms with Crippen molar-refractivity contribution in [3.8, 4) is 0 Å². The van der Waals surface area contributed by atoms with E-state index < -0.39 is 0 Å². The van der Waals surface area contributed by atoms with Gasteiger partial charge in [0.05, 0.1) is 0 Å². The van der Waals surface area contributed by atoms with Crippen LogP contribution in [-0.4, -0.2) is 23.9 Å². The predicted molar refractivity (Wildman–Crippen MR) is 83.8 cm³/mol. The lowest BCUT2D eigenvalue weighted by molar-refractivity contribution is -0.132. The fourth-order valence-corrected chi connectivity index (χ4v) is 2.89. The largest absolute Gasteiger partial charge is 0.342 e. The van der Waals surface area contributed by atoms with Crippen LogP contribution in [0.1, 0.15) is 57.1 Å². The Hall–Kier alpha value is -1.31. The molecule has 0 spiro atoms. The summed E-state index contributed by atoms with van der Waals surface area (Å²) in [5.41, 5.74) is 2.64. The Kier molecular flexibility index (Phi) is 5.22. The van der Waals surface area contributed by atoms with Gasteiger partial charge in [0.15, 0.2) is 0 Å². The van der Waals surface area contributed by atoms with Gasteiger partial charge < -0.3 is 4.90 Å². The van der Waals surface area contributed by atoms with Crippen molar-refractivity contribution >= 4 is 5.91 Å². The summed E-state index contributed by atoms with van der Waals surface area (Å²) in [6, 6.07) is 8.71. The van der Waals surface area contributed by atoms with Crippen LogP contribution in [0.5, 0.6) is 0 Å². The maximum Gasteiger partial charge on any atom is 0.222 e. The second-order valence-corrected chi connectivity index (χ2v) is 6.48. The van der Waals surface area contributed by atoms with E-state index in [4.69, 9.17) is 0 Å². The minimum atomic E-state index is 0.324. The summed E-state index contributed by atoms with van der Waals surface area (Å²) in [4.78, 5) is 14.3. The fourth-order valence-electron chi connectivity index (χ4n) is 2.89. The zero-order valence-corrected chi connectivity index (χ0v) is 13.1. The van der Waals surface area contributed by atoms with Gasteiger partial charge >= 0.3 is 0 Å². The third-order valence-corrected chi connectivity index (χ3v) is 4.28. The van der Waals surface area contributed by atoms with E-state index in [0.717, 1.165) is 25.9 Å². The number of nitrogens with zero attached hydrogens (tertiary/aromatic N) is 1. The molecule has 1 aliphatic heterocycles. The molecular formula is C18H27NO. The van der Waals surface area contributed by atoms with Gasteiger partial charge in [0.25, 0.3) is 0 Å². The van der Waals surface area contributed by atoms with E-state index in [0.29, 0.717) is 24.2 Å². The molecule has 2 nitrogen and oxygen atoms in total. The number of carbonyl (C=O) groups is 1. The normalized spacial score (nSPS) is 19.4. The molecule has 1 saturated heterocycles. The van der Waals surface area contributed by atoms with Crippen molar-refractivity contribution in [3.05, 3.63) is 35.4 Å². The molecule has 110 valence electrons. The summed E-state index contributed by atoms with van der Waals surface area (Å²) in [5, 5.41) is 0. The number of likely N-dealkylation sites (tertiary alicyclic amines) is 1. The highest BCUT2D eigenvalue weighted by Gasteiger charge is 2.20. The molecule has 0 aliphatic carbocycles. The van der Waals surface area contributed by atoms with Crippen LogP contribution in [0, 0.1) is 5.92 Å². The van der Waals surface area contributed by atoms with Crippen molar-refractivity contribution in [3.63, 3.8) is 0 Å². The molecule has 0 bridgehead atoms. The van der Waals surface area contributed by atoms with Gasteiger partial charge in [-0.3, -0.25) is 4.79 Å². The maximum atomic E-state index is 12.2. The molecule has 1 amide bonds. The second-order valence-electron chi connectivity index (χ2n) is 6.48. The van der Waals surface area contributed by atoms with Crippen molar-refractivity contribution in [2.75, 3.05) is 13.1 Å². The summed E-state index contributed by atoms with van der Waals surface area (Å²) < 4.78 is 0. The SMILES string of the molecule is CC(C)c1ccc(CCC(=O)N2CCC[C@H](C)C2)cc1. The molecule has 0 unspecified atom stereocenters. The minimum absolute atomic E-state index is 0.324. The summed E-state index contributed by atoms with van der Waals surface area (Å²) in [6.07, 6.45) is 3.94. The number of piperidine rings is 1. The Morgan fingerprint density at radius 1 is 1.30 bits per heavy atom. The topological polar surface area (TPSA) is 20.3 Å². The molecule has 1 heterocycles. The molecule has 1 fully saturated rings. The molecule has 1 atom stereocenters. The number of benzene rings is 1. The molecule has 1 aromatic carbocycles. The van der Waals surface area contributed by atoms with E-state index in [2.05, 4.69) is 49.9 Å². The third-order valence-electron chi connectivity index (χ3n) is 4.28. The van der Waals surface area contributed by atoms with Crippen LogP contribution in [0.25, 0.3) is 0 Å². The molecule has 2 rings (SSSR count). The first-order valence-electron chi connectivity index (χ1n) is 7.93. The van der Waals surface area contributed by atoms with E-state index in [1.54, 1.807) is 0 Å². The lowest BCUT2D eigenvalue weighted by Crippen LogP contribution is -2.39. The van der Waals surface area contributed by atoms with Crippen LogP contribution >= 0.6 is 0 Å². The first-order chi connectivity index (χ1) is 9.56. The van der Waals surface area contributed by atoms with Crippen LogP contribution in [-0.2, 0) is 11.2 Å². The lowest BCUT2D eigenvalue weighted by atomic mass is 9.98. The Morgan fingerprint density at radius 2 is 2.00 bits per heavy atom. The minimum Gasteiger partial charge on any atom is -0.342 e. The standard InChI is InChI=1S/C18H27NO/c1-14(2)17-9-6-16(7-10-17)8-11-18(20)19-12-4-5-15(3)13-19/h6-7,9-10,14-15H,4-5,8,11-13H2,1-3H3/t15-/m0/s1. The van der Waals surface area contributed by atoms with Crippen molar-refractivity contribution in [2.24, 2.45) is 5.92 Å². The predicted octanol–water partition coefficient (Wildman–Crippen LogP) is 4.00. The highest BCUT2D eigenvalue weighted by atomic mass is 16.2. The summed E-state index contributed by atoms with van der Waals surface area (Å²) in [6.45, 7) is 8.55. The number of hydrogen-bond donors (Lipinski definition) is 0. The number of amides is 1. The van der Waals surface area contributed by atoms with Gasteiger partial charge in [0, 0.05) is 19.5 Å². The first-order valence-corrected chi connectivity index (χ1v) is 7.93. The number of carbonyl (C=O) groups excluding carboxylic acids is 1. The molecule has 2 heteroatoms. The van der Waals surface area contributed by atoms with Gasteiger partial charge in [-0.1, -0.05) is 45.0 Å². The van der Waals surface area contributed by atoms with E-state index in [1.807, 2.05) is 0 Å². The van der Waals surface area contributed by atoms with Gasteiger partial charge in [-0.2, -0.15) is 0 Å². The highest BCUT2D eigenvalue weighted by Crippen LogP contribution is 2.18. The van der Waals surface area contributed by atoms with Gasteiger partial charge in [-0.05, 0) is 42.2 Å². The van der Waals surface area contributed by atoms with E-state index in [9.17, 15) is 4.79 Å². The highest BCUT2D eigenvalue weighted by molar-refractivity contribution is 5.76. The van der Waals surface area contributed by atoms with Gasteiger partial charge in [0.1, 0.15) is 0 Å². The Morgan fingerprint density at radius 3 is 2.60 bits per heavy atom. The Labute approximate surface area is 123 Å². The van der Waals surface area contributed by atoms with E-state index >= 15 is 0 Å². The molecule has 0 radical (unpaired) electrons. The molecule has 0 aromatic heterocycles. The van der Waals surface area contributed by atoms with E-state index in [-0.39, 0.29) is 0 Å². The number of hydrogen-bond acceptors (Lipinski definition) is 1. The zero-order valence-electron chi connectivity index (χ0n) is 13.1. The maximum absolute atomic E-state index is 12.2. The average Bonchev–Trinajstić information content (AvgIpc) is 2.45. The smallest absolute Gasteiger partial charge is 0.222 e. The number of aryl methyl sites for hydroxylation is 1. The van der Waals surface area contributed by atoms with Crippen molar-refractivity contribution in [1.82, 2.24) is 4.90 Å². The van der Waals surface area contributed by atoms with Gasteiger partial charge in [0.2, 0.25) is 5.91 Å². The second kappa shape index (κ2) is 6.92. The van der Waals surface area contributed by atoms with E-state index in [1.165, 1.54) is 17.5 Å². The van der Waals surface area contributed by atoms with Gasteiger partial charge in [-0.15, -0.1) is 0 Å². The summed E-state index contributed by atoms with van der Waals surface area (Å²) in [5.74, 6) is 1.56. The fraction of sp³-hybridized carbons (Fsp3) is 0.611. The quantitative estimate of drug-likeness (QED) is 0.812. The van der Waals surface area contributed by atoms with Gasteiger partial charge in [-0.25, -0.2) is 0 Å². The molecule has 20 heavy (non-hydrogen) atoms. The summed E-state index contributed by atoms with van der Waals surface area (Å²) in [7, 11) is 0. The molecule has 1 aliphatic rings. The lowest BCUT2D eigenvalue weighted by Gasteiger charge is -2.31.